The fraction of sp³-hybridized carbons (Fsp3) is 0.409. The zero-order valence-electron chi connectivity index (χ0n) is 15.2. The van der Waals surface area contributed by atoms with E-state index in [9.17, 15) is 4.79 Å². The van der Waals surface area contributed by atoms with Crippen molar-refractivity contribution in [1.82, 2.24) is 10.2 Å². The van der Waals surface area contributed by atoms with Crippen LogP contribution in [0.1, 0.15) is 60.8 Å². The molecular weight excluding hydrogens is 308 g/mol. The van der Waals surface area contributed by atoms with Crippen LogP contribution in [0.5, 0.6) is 0 Å². The van der Waals surface area contributed by atoms with Crippen molar-refractivity contribution in [3.05, 3.63) is 71.3 Å². The summed E-state index contributed by atoms with van der Waals surface area (Å²) in [6.07, 6.45) is 4.23. The predicted octanol–water partition coefficient (Wildman–Crippen LogP) is 4.55. The van der Waals surface area contributed by atoms with Gasteiger partial charge in [-0.15, -0.1) is 0 Å². The van der Waals surface area contributed by atoms with Gasteiger partial charge < -0.3 is 4.90 Å². The third-order valence-electron chi connectivity index (χ3n) is 5.03. The van der Waals surface area contributed by atoms with E-state index in [2.05, 4.69) is 49.5 Å². The van der Waals surface area contributed by atoms with Crippen LogP contribution in [0.25, 0.3) is 0 Å². The van der Waals surface area contributed by atoms with Crippen molar-refractivity contribution < 1.29 is 4.79 Å². The highest BCUT2D eigenvalue weighted by Gasteiger charge is 2.38. The molecule has 0 unspecified atom stereocenters. The van der Waals surface area contributed by atoms with Crippen molar-refractivity contribution in [3.8, 4) is 0 Å². The number of carbonyl (C=O) groups excluding carboxylic acids is 1. The number of hydrogen-bond donors (Lipinski definition) is 1. The van der Waals surface area contributed by atoms with Crippen molar-refractivity contribution in [3.63, 3.8) is 0 Å². The number of unbranched alkanes of at least 4 members (excludes halogenated alkanes) is 1. The van der Waals surface area contributed by atoms with E-state index in [0.29, 0.717) is 0 Å². The molecule has 132 valence electrons. The Morgan fingerprint density at radius 1 is 1.08 bits per heavy atom. The van der Waals surface area contributed by atoms with E-state index in [1.807, 2.05) is 29.2 Å². The second kappa shape index (κ2) is 8.30. The van der Waals surface area contributed by atoms with Gasteiger partial charge in [0.1, 0.15) is 6.17 Å². The van der Waals surface area contributed by atoms with Gasteiger partial charge >= 0.3 is 0 Å². The van der Waals surface area contributed by atoms with E-state index in [-0.39, 0.29) is 18.1 Å². The first-order valence-electron chi connectivity index (χ1n) is 9.41. The molecule has 1 amide bonds. The average Bonchev–Trinajstić information content (AvgIpc) is 2.93. The minimum atomic E-state index is 0.000948. The summed E-state index contributed by atoms with van der Waals surface area (Å²) in [6, 6.07) is 18.7. The summed E-state index contributed by atoms with van der Waals surface area (Å²) in [4.78, 5) is 15.0. The summed E-state index contributed by atoms with van der Waals surface area (Å²) >= 11 is 0. The van der Waals surface area contributed by atoms with Crippen molar-refractivity contribution in [2.75, 3.05) is 6.54 Å². The molecule has 2 aromatic rings. The Labute approximate surface area is 151 Å². The molecule has 0 saturated heterocycles. The molecule has 1 heterocycles. The van der Waals surface area contributed by atoms with Gasteiger partial charge in [-0.3, -0.25) is 10.1 Å². The molecular formula is C22H28N2O. The topological polar surface area (TPSA) is 32.3 Å². The minimum absolute atomic E-state index is 0.000948. The highest BCUT2D eigenvalue weighted by molar-refractivity contribution is 5.99. The molecule has 3 rings (SSSR count). The molecule has 0 radical (unpaired) electrons. The number of fused-ring (bicyclic) bond motifs is 1. The van der Waals surface area contributed by atoms with Crippen LogP contribution in [0.15, 0.2) is 54.6 Å². The molecule has 0 bridgehead atoms. The Balaban J connectivity index is 1.74. The monoisotopic (exact) mass is 336 g/mol. The van der Waals surface area contributed by atoms with Gasteiger partial charge in [-0.1, -0.05) is 61.9 Å². The van der Waals surface area contributed by atoms with E-state index < -0.39 is 0 Å². The van der Waals surface area contributed by atoms with Gasteiger partial charge in [0.15, 0.2) is 0 Å². The number of amides is 1. The fourth-order valence-electron chi connectivity index (χ4n) is 3.57. The quantitative estimate of drug-likeness (QED) is 0.717. The molecule has 1 N–H and O–H groups in total. The number of nitrogens with one attached hydrogen (secondary N) is 1. The normalized spacial score (nSPS) is 17.6. The van der Waals surface area contributed by atoms with Crippen molar-refractivity contribution >= 4 is 5.91 Å². The first kappa shape index (κ1) is 17.7. The predicted molar refractivity (Wildman–Crippen MR) is 102 cm³/mol. The molecule has 25 heavy (non-hydrogen) atoms. The molecule has 0 fully saturated rings. The SMILES string of the molecule is CCCCN[C@H]1c2ccccc2C(=O)N1[C@H](C)CCc1ccccc1. The Bertz CT molecular complexity index is 698. The molecule has 0 spiro atoms. The molecule has 2 aromatic carbocycles. The number of carbonyl (C=O) groups is 1. The van der Waals surface area contributed by atoms with Crippen LogP contribution < -0.4 is 5.32 Å². The summed E-state index contributed by atoms with van der Waals surface area (Å²) in [5.74, 6) is 0.158. The number of nitrogens with zero attached hydrogens (tertiary/aromatic N) is 1. The van der Waals surface area contributed by atoms with Crippen molar-refractivity contribution in [2.45, 2.75) is 51.7 Å². The largest absolute Gasteiger partial charge is 0.316 e. The summed E-state index contributed by atoms with van der Waals surface area (Å²) < 4.78 is 0. The lowest BCUT2D eigenvalue weighted by atomic mass is 10.0. The van der Waals surface area contributed by atoms with Crippen LogP contribution in [-0.2, 0) is 6.42 Å². The Hall–Kier alpha value is -2.13. The zero-order chi connectivity index (χ0) is 17.6. The first-order valence-corrected chi connectivity index (χ1v) is 9.41. The van der Waals surface area contributed by atoms with Gasteiger partial charge in [0, 0.05) is 17.2 Å². The van der Waals surface area contributed by atoms with Crippen LogP contribution in [0.3, 0.4) is 0 Å². The Morgan fingerprint density at radius 3 is 2.56 bits per heavy atom. The molecule has 0 aliphatic carbocycles. The smallest absolute Gasteiger partial charge is 0.256 e. The lowest BCUT2D eigenvalue weighted by Crippen LogP contribution is -2.42. The maximum Gasteiger partial charge on any atom is 0.256 e. The zero-order valence-corrected chi connectivity index (χ0v) is 15.2. The van der Waals surface area contributed by atoms with E-state index >= 15 is 0 Å². The minimum Gasteiger partial charge on any atom is -0.316 e. The second-order valence-corrected chi connectivity index (χ2v) is 6.88. The van der Waals surface area contributed by atoms with Gasteiger partial charge in [0.2, 0.25) is 0 Å². The second-order valence-electron chi connectivity index (χ2n) is 6.88. The number of benzene rings is 2. The third-order valence-corrected chi connectivity index (χ3v) is 5.03. The number of hydrogen-bond acceptors (Lipinski definition) is 2. The van der Waals surface area contributed by atoms with E-state index in [1.165, 1.54) is 5.56 Å². The van der Waals surface area contributed by atoms with Gasteiger partial charge in [-0.05, 0) is 44.4 Å². The average molecular weight is 336 g/mol. The number of aryl methyl sites for hydroxylation is 1. The molecule has 3 heteroatoms. The van der Waals surface area contributed by atoms with Gasteiger partial charge in [-0.25, -0.2) is 0 Å². The first-order chi connectivity index (χ1) is 12.2. The molecule has 1 aliphatic heterocycles. The Morgan fingerprint density at radius 2 is 1.80 bits per heavy atom. The maximum atomic E-state index is 13.0. The van der Waals surface area contributed by atoms with Gasteiger partial charge in [-0.2, -0.15) is 0 Å². The standard InChI is InChI=1S/C22H28N2O/c1-3-4-16-23-21-19-12-8-9-13-20(19)22(25)24(21)17(2)14-15-18-10-6-5-7-11-18/h5-13,17,21,23H,3-4,14-16H2,1-2H3/t17-,21-/m1/s1. The van der Waals surface area contributed by atoms with Crippen molar-refractivity contribution in [1.29, 1.82) is 0 Å². The summed E-state index contributed by atoms with van der Waals surface area (Å²) in [5.41, 5.74) is 3.30. The summed E-state index contributed by atoms with van der Waals surface area (Å²) in [5, 5.41) is 3.60. The Kier molecular flexibility index (Phi) is 5.87. The van der Waals surface area contributed by atoms with Crippen LogP contribution in [0.2, 0.25) is 0 Å². The summed E-state index contributed by atoms with van der Waals surface area (Å²) in [6.45, 7) is 5.29. The lowest BCUT2D eigenvalue weighted by molar-refractivity contribution is 0.0593. The maximum absolute atomic E-state index is 13.0. The summed E-state index contributed by atoms with van der Waals surface area (Å²) in [7, 11) is 0. The highest BCUT2D eigenvalue weighted by Crippen LogP contribution is 2.34. The van der Waals surface area contributed by atoms with Crippen LogP contribution in [0.4, 0.5) is 0 Å². The van der Waals surface area contributed by atoms with Gasteiger partial charge in [0.05, 0.1) is 0 Å². The van der Waals surface area contributed by atoms with Crippen LogP contribution in [0, 0.1) is 0 Å². The van der Waals surface area contributed by atoms with Crippen molar-refractivity contribution in [2.24, 2.45) is 0 Å². The lowest BCUT2D eigenvalue weighted by Gasteiger charge is -2.32. The van der Waals surface area contributed by atoms with Crippen LogP contribution in [-0.4, -0.2) is 23.4 Å². The van der Waals surface area contributed by atoms with E-state index in [1.54, 1.807) is 0 Å². The van der Waals surface area contributed by atoms with E-state index in [0.717, 1.165) is 43.4 Å². The number of rotatable bonds is 8. The molecule has 3 nitrogen and oxygen atoms in total. The van der Waals surface area contributed by atoms with Gasteiger partial charge in [0.25, 0.3) is 5.91 Å². The molecule has 0 aromatic heterocycles. The third kappa shape index (κ3) is 3.93. The van der Waals surface area contributed by atoms with Crippen LogP contribution >= 0.6 is 0 Å². The molecule has 0 saturated carbocycles. The molecule has 1 aliphatic rings. The van der Waals surface area contributed by atoms with E-state index in [4.69, 9.17) is 0 Å². The molecule has 2 atom stereocenters. The fourth-order valence-corrected chi connectivity index (χ4v) is 3.57. The highest BCUT2D eigenvalue weighted by atomic mass is 16.2.